The molecule has 1 atom stereocenters. The van der Waals surface area contributed by atoms with Crippen molar-refractivity contribution in [2.24, 2.45) is 11.7 Å². The average molecular weight is 290 g/mol. The second-order valence-electron chi connectivity index (χ2n) is 6.30. The van der Waals surface area contributed by atoms with E-state index in [1.807, 2.05) is 0 Å². The molecule has 1 aliphatic rings. The Morgan fingerprint density at radius 2 is 1.90 bits per heavy atom. The topological polar surface area (TPSA) is 38.5 Å². The van der Waals surface area contributed by atoms with Gasteiger partial charge < -0.3 is 15.4 Å². The van der Waals surface area contributed by atoms with Crippen molar-refractivity contribution in [1.29, 1.82) is 0 Å². The number of ether oxygens (including phenoxy) is 1. The fraction of sp³-hybridized carbons (Fsp3) is 0.667. The maximum absolute atomic E-state index is 6.38. The van der Waals surface area contributed by atoms with Crippen molar-refractivity contribution >= 4 is 0 Å². The Bertz CT molecular complexity index is 396. The van der Waals surface area contributed by atoms with E-state index in [1.165, 1.54) is 30.4 Å². The van der Waals surface area contributed by atoms with Crippen LogP contribution in [0.25, 0.3) is 0 Å². The van der Waals surface area contributed by atoms with E-state index in [4.69, 9.17) is 10.5 Å². The molecule has 21 heavy (non-hydrogen) atoms. The number of nitrogens with two attached hydrogens (primary N) is 1. The van der Waals surface area contributed by atoms with Crippen molar-refractivity contribution < 1.29 is 4.74 Å². The van der Waals surface area contributed by atoms with Crippen LogP contribution in [0.4, 0.5) is 0 Å². The summed E-state index contributed by atoms with van der Waals surface area (Å²) in [7, 11) is 1.80. The van der Waals surface area contributed by atoms with Gasteiger partial charge >= 0.3 is 0 Å². The molecule has 1 aromatic rings. The third kappa shape index (κ3) is 5.10. The summed E-state index contributed by atoms with van der Waals surface area (Å²) in [6, 6.07) is 8.98. The van der Waals surface area contributed by atoms with Crippen LogP contribution in [0, 0.1) is 5.92 Å². The average Bonchev–Trinajstić information content (AvgIpc) is 2.50. The largest absolute Gasteiger partial charge is 0.384 e. The van der Waals surface area contributed by atoms with Gasteiger partial charge in [0, 0.05) is 26.3 Å². The molecule has 1 saturated heterocycles. The minimum Gasteiger partial charge on any atom is -0.384 e. The molecular weight excluding hydrogens is 260 g/mol. The van der Waals surface area contributed by atoms with Crippen LogP contribution in [0.5, 0.6) is 0 Å². The smallest absolute Gasteiger partial charge is 0.0491 e. The minimum atomic E-state index is 0.125. The standard InChI is InChI=1S/C18H30N2O/c1-3-4-15-5-7-17(8-6-15)18(19)13-20-11-9-16(10-12-20)14-21-2/h5-8,16,18H,3-4,9-14,19H2,1-2H3. The molecule has 0 aliphatic carbocycles. The Balaban J connectivity index is 1.80. The van der Waals surface area contributed by atoms with Crippen LogP contribution in [-0.2, 0) is 11.2 Å². The van der Waals surface area contributed by atoms with Gasteiger partial charge in [-0.1, -0.05) is 37.6 Å². The summed E-state index contributed by atoms with van der Waals surface area (Å²) in [4.78, 5) is 2.50. The highest BCUT2D eigenvalue weighted by molar-refractivity contribution is 5.25. The van der Waals surface area contributed by atoms with E-state index < -0.39 is 0 Å². The number of aryl methyl sites for hydroxylation is 1. The number of benzene rings is 1. The summed E-state index contributed by atoms with van der Waals surface area (Å²) in [5, 5.41) is 0. The lowest BCUT2D eigenvalue weighted by atomic mass is 9.96. The van der Waals surface area contributed by atoms with Gasteiger partial charge in [0.2, 0.25) is 0 Å². The molecule has 0 radical (unpaired) electrons. The van der Waals surface area contributed by atoms with Crippen LogP contribution < -0.4 is 5.73 Å². The maximum atomic E-state index is 6.38. The van der Waals surface area contributed by atoms with Crippen LogP contribution in [-0.4, -0.2) is 38.3 Å². The molecular formula is C18H30N2O. The maximum Gasteiger partial charge on any atom is 0.0491 e. The van der Waals surface area contributed by atoms with Gasteiger partial charge in [0.25, 0.3) is 0 Å². The quantitative estimate of drug-likeness (QED) is 0.839. The van der Waals surface area contributed by atoms with Crippen molar-refractivity contribution in [2.75, 3.05) is 33.4 Å². The van der Waals surface area contributed by atoms with Gasteiger partial charge in [-0.15, -0.1) is 0 Å². The summed E-state index contributed by atoms with van der Waals surface area (Å²) >= 11 is 0. The van der Waals surface area contributed by atoms with E-state index in [2.05, 4.69) is 36.1 Å². The Labute approximate surface area is 129 Å². The molecule has 1 fully saturated rings. The summed E-state index contributed by atoms with van der Waals surface area (Å²) in [6.45, 7) is 6.38. The van der Waals surface area contributed by atoms with Gasteiger partial charge in [-0.25, -0.2) is 0 Å². The molecule has 1 aliphatic heterocycles. The molecule has 1 heterocycles. The SMILES string of the molecule is CCCc1ccc(C(N)CN2CCC(COC)CC2)cc1. The number of hydrogen-bond donors (Lipinski definition) is 1. The molecule has 3 nitrogen and oxygen atoms in total. The number of hydrogen-bond acceptors (Lipinski definition) is 3. The zero-order valence-corrected chi connectivity index (χ0v) is 13.6. The Hall–Kier alpha value is -0.900. The second-order valence-corrected chi connectivity index (χ2v) is 6.30. The highest BCUT2D eigenvalue weighted by atomic mass is 16.5. The highest BCUT2D eigenvalue weighted by Gasteiger charge is 2.20. The number of rotatable bonds is 7. The van der Waals surface area contributed by atoms with Crippen LogP contribution in [0.3, 0.4) is 0 Å². The van der Waals surface area contributed by atoms with Crippen LogP contribution in [0.1, 0.15) is 43.4 Å². The zero-order valence-electron chi connectivity index (χ0n) is 13.6. The third-order valence-electron chi connectivity index (χ3n) is 4.51. The molecule has 2 N–H and O–H groups in total. The van der Waals surface area contributed by atoms with Crippen LogP contribution >= 0.6 is 0 Å². The fourth-order valence-electron chi connectivity index (χ4n) is 3.18. The van der Waals surface area contributed by atoms with E-state index >= 15 is 0 Å². The molecule has 3 heteroatoms. The van der Waals surface area contributed by atoms with Gasteiger partial charge in [-0.05, 0) is 49.4 Å². The third-order valence-corrected chi connectivity index (χ3v) is 4.51. The number of piperidine rings is 1. The molecule has 0 amide bonds. The zero-order chi connectivity index (χ0) is 15.1. The molecule has 0 saturated carbocycles. The van der Waals surface area contributed by atoms with Crippen LogP contribution in [0.2, 0.25) is 0 Å². The first kappa shape index (κ1) is 16.5. The Kier molecular flexibility index (Phi) is 6.68. The molecule has 118 valence electrons. The molecule has 0 aromatic heterocycles. The number of methoxy groups -OCH3 is 1. The molecule has 2 rings (SSSR count). The van der Waals surface area contributed by atoms with Gasteiger partial charge in [0.1, 0.15) is 0 Å². The van der Waals surface area contributed by atoms with E-state index in [1.54, 1.807) is 7.11 Å². The summed E-state index contributed by atoms with van der Waals surface area (Å²) in [6.07, 6.45) is 4.82. The number of nitrogens with zero attached hydrogens (tertiary/aromatic N) is 1. The van der Waals surface area contributed by atoms with Crippen molar-refractivity contribution in [3.05, 3.63) is 35.4 Å². The van der Waals surface area contributed by atoms with E-state index in [0.29, 0.717) is 0 Å². The van der Waals surface area contributed by atoms with Crippen molar-refractivity contribution in [3.8, 4) is 0 Å². The van der Waals surface area contributed by atoms with Gasteiger partial charge in [0.05, 0.1) is 0 Å². The van der Waals surface area contributed by atoms with Crippen LogP contribution in [0.15, 0.2) is 24.3 Å². The first-order valence-corrected chi connectivity index (χ1v) is 8.28. The molecule has 1 aromatic carbocycles. The van der Waals surface area contributed by atoms with Gasteiger partial charge in [-0.3, -0.25) is 0 Å². The summed E-state index contributed by atoms with van der Waals surface area (Å²) < 4.78 is 5.25. The van der Waals surface area contributed by atoms with Gasteiger partial charge in [-0.2, -0.15) is 0 Å². The number of likely N-dealkylation sites (tertiary alicyclic amines) is 1. The summed E-state index contributed by atoms with van der Waals surface area (Å²) in [5.41, 5.74) is 9.05. The highest BCUT2D eigenvalue weighted by Crippen LogP contribution is 2.20. The van der Waals surface area contributed by atoms with E-state index in [0.717, 1.165) is 38.6 Å². The van der Waals surface area contributed by atoms with Crippen molar-refractivity contribution in [2.45, 2.75) is 38.6 Å². The van der Waals surface area contributed by atoms with E-state index in [-0.39, 0.29) is 6.04 Å². The molecule has 0 spiro atoms. The Morgan fingerprint density at radius 3 is 2.48 bits per heavy atom. The molecule has 0 bridgehead atoms. The van der Waals surface area contributed by atoms with Crippen molar-refractivity contribution in [1.82, 2.24) is 4.90 Å². The minimum absolute atomic E-state index is 0.125. The van der Waals surface area contributed by atoms with E-state index in [9.17, 15) is 0 Å². The second kappa shape index (κ2) is 8.52. The lowest BCUT2D eigenvalue weighted by molar-refractivity contribution is 0.0971. The lowest BCUT2D eigenvalue weighted by Crippen LogP contribution is -2.39. The predicted molar refractivity (Wildman–Crippen MR) is 88.4 cm³/mol. The molecule has 1 unspecified atom stereocenters. The summed E-state index contributed by atoms with van der Waals surface area (Å²) in [5.74, 6) is 0.732. The predicted octanol–water partition coefficient (Wildman–Crippen LogP) is 3.00. The van der Waals surface area contributed by atoms with Gasteiger partial charge in [0.15, 0.2) is 0 Å². The lowest BCUT2D eigenvalue weighted by Gasteiger charge is -2.33. The fourth-order valence-corrected chi connectivity index (χ4v) is 3.18. The monoisotopic (exact) mass is 290 g/mol. The van der Waals surface area contributed by atoms with Crippen molar-refractivity contribution in [3.63, 3.8) is 0 Å². The first-order valence-electron chi connectivity index (χ1n) is 8.28. The normalized spacial score (nSPS) is 18.8. The Morgan fingerprint density at radius 1 is 1.24 bits per heavy atom. The first-order chi connectivity index (χ1) is 10.2.